The molecular formula is C10H13BrN2OS. The van der Waals surface area contributed by atoms with Gasteiger partial charge in [-0.15, -0.1) is 11.3 Å². The van der Waals surface area contributed by atoms with Crippen LogP contribution < -0.4 is 10.6 Å². The van der Waals surface area contributed by atoms with Gasteiger partial charge in [0.15, 0.2) is 0 Å². The highest BCUT2D eigenvalue weighted by Gasteiger charge is 2.21. The van der Waals surface area contributed by atoms with E-state index in [4.69, 9.17) is 0 Å². The molecule has 1 atom stereocenters. The van der Waals surface area contributed by atoms with Gasteiger partial charge in [0.1, 0.15) is 0 Å². The molecule has 1 aliphatic rings. The van der Waals surface area contributed by atoms with Crippen molar-refractivity contribution >= 4 is 33.2 Å². The summed E-state index contributed by atoms with van der Waals surface area (Å²) in [7, 11) is 0. The van der Waals surface area contributed by atoms with Crippen molar-refractivity contribution in [3.63, 3.8) is 0 Å². The van der Waals surface area contributed by atoms with E-state index in [0.717, 1.165) is 24.0 Å². The lowest BCUT2D eigenvalue weighted by atomic mass is 10.1. The number of carbonyl (C=O) groups excluding carboxylic acids is 1. The molecule has 0 bridgehead atoms. The van der Waals surface area contributed by atoms with E-state index >= 15 is 0 Å². The van der Waals surface area contributed by atoms with Crippen molar-refractivity contribution in [2.75, 3.05) is 13.1 Å². The van der Waals surface area contributed by atoms with Crippen LogP contribution in [0.3, 0.4) is 0 Å². The largest absolute Gasteiger partial charge is 0.351 e. The van der Waals surface area contributed by atoms with E-state index in [1.54, 1.807) is 11.3 Å². The fourth-order valence-electron chi connectivity index (χ4n) is 1.64. The molecule has 1 fully saturated rings. The predicted octanol–water partition coefficient (Wildman–Crippen LogP) is 1.74. The number of halogens is 1. The molecule has 2 rings (SSSR count). The summed E-state index contributed by atoms with van der Waals surface area (Å²) < 4.78 is 1.08. The van der Waals surface area contributed by atoms with Gasteiger partial charge in [0.2, 0.25) is 5.91 Å². The molecule has 0 aliphatic carbocycles. The van der Waals surface area contributed by atoms with E-state index in [1.165, 1.54) is 4.88 Å². The standard InChI is InChI=1S/C10H13BrN2OS/c11-8-3-9(15-6-8)5-13-10(14)7-1-2-12-4-7/h3,6-7,12H,1-2,4-5H2,(H,13,14). The zero-order valence-corrected chi connectivity index (χ0v) is 10.7. The molecular weight excluding hydrogens is 276 g/mol. The maximum absolute atomic E-state index is 11.7. The number of amides is 1. The Morgan fingerprint density at radius 3 is 3.20 bits per heavy atom. The van der Waals surface area contributed by atoms with Crippen LogP contribution >= 0.6 is 27.3 Å². The van der Waals surface area contributed by atoms with E-state index in [1.807, 2.05) is 11.4 Å². The minimum Gasteiger partial charge on any atom is -0.351 e. The van der Waals surface area contributed by atoms with Crippen molar-refractivity contribution in [1.29, 1.82) is 0 Å². The Morgan fingerprint density at radius 1 is 1.73 bits per heavy atom. The number of rotatable bonds is 3. The molecule has 1 aromatic rings. The van der Waals surface area contributed by atoms with Crippen molar-refractivity contribution in [3.05, 3.63) is 20.8 Å². The summed E-state index contributed by atoms with van der Waals surface area (Å²) >= 11 is 5.05. The van der Waals surface area contributed by atoms with Crippen molar-refractivity contribution < 1.29 is 4.79 Å². The number of carbonyl (C=O) groups is 1. The first-order valence-electron chi connectivity index (χ1n) is 4.97. The van der Waals surface area contributed by atoms with Crippen LogP contribution in [-0.2, 0) is 11.3 Å². The van der Waals surface area contributed by atoms with Crippen molar-refractivity contribution in [3.8, 4) is 0 Å². The minimum atomic E-state index is 0.161. The van der Waals surface area contributed by atoms with Crippen LogP contribution in [0.15, 0.2) is 15.9 Å². The third-order valence-corrected chi connectivity index (χ3v) is 4.19. The van der Waals surface area contributed by atoms with Crippen LogP contribution in [0.2, 0.25) is 0 Å². The van der Waals surface area contributed by atoms with E-state index in [-0.39, 0.29) is 11.8 Å². The van der Waals surface area contributed by atoms with Gasteiger partial charge in [-0.3, -0.25) is 4.79 Å². The van der Waals surface area contributed by atoms with Crippen molar-refractivity contribution in [1.82, 2.24) is 10.6 Å². The van der Waals surface area contributed by atoms with Gasteiger partial charge in [-0.2, -0.15) is 0 Å². The van der Waals surface area contributed by atoms with Crippen LogP contribution in [0.4, 0.5) is 0 Å². The van der Waals surface area contributed by atoms with E-state index in [0.29, 0.717) is 6.54 Å². The average Bonchev–Trinajstić information content (AvgIpc) is 2.84. The SMILES string of the molecule is O=C(NCc1cc(Br)cs1)C1CCNC1. The number of nitrogens with one attached hydrogen (secondary N) is 2. The first kappa shape index (κ1) is 11.1. The van der Waals surface area contributed by atoms with Gasteiger partial charge < -0.3 is 10.6 Å². The second-order valence-corrected chi connectivity index (χ2v) is 5.55. The highest BCUT2D eigenvalue weighted by Crippen LogP contribution is 2.19. The first-order valence-corrected chi connectivity index (χ1v) is 6.64. The number of thiophene rings is 1. The fourth-order valence-corrected chi connectivity index (χ4v) is 3.03. The molecule has 1 amide bonds. The molecule has 5 heteroatoms. The molecule has 0 saturated carbocycles. The van der Waals surface area contributed by atoms with E-state index < -0.39 is 0 Å². The predicted molar refractivity (Wildman–Crippen MR) is 64.8 cm³/mol. The zero-order valence-electron chi connectivity index (χ0n) is 8.25. The van der Waals surface area contributed by atoms with Crippen LogP contribution in [-0.4, -0.2) is 19.0 Å². The Balaban J connectivity index is 1.80. The van der Waals surface area contributed by atoms with Gasteiger partial charge in [-0.25, -0.2) is 0 Å². The average molecular weight is 289 g/mol. The fraction of sp³-hybridized carbons (Fsp3) is 0.500. The minimum absolute atomic E-state index is 0.161. The summed E-state index contributed by atoms with van der Waals surface area (Å²) in [5.74, 6) is 0.331. The van der Waals surface area contributed by atoms with Crippen molar-refractivity contribution in [2.45, 2.75) is 13.0 Å². The second-order valence-electron chi connectivity index (χ2n) is 3.64. The summed E-state index contributed by atoms with van der Waals surface area (Å²) in [4.78, 5) is 12.8. The van der Waals surface area contributed by atoms with Gasteiger partial charge in [0.05, 0.1) is 12.5 Å². The van der Waals surface area contributed by atoms with Crippen molar-refractivity contribution in [2.24, 2.45) is 5.92 Å². The number of hydrogen-bond acceptors (Lipinski definition) is 3. The molecule has 0 spiro atoms. The van der Waals surface area contributed by atoms with Gasteiger partial charge in [0, 0.05) is 21.3 Å². The Kier molecular flexibility index (Phi) is 3.77. The highest BCUT2D eigenvalue weighted by molar-refractivity contribution is 9.10. The van der Waals surface area contributed by atoms with Crippen LogP contribution in [0, 0.1) is 5.92 Å². The highest BCUT2D eigenvalue weighted by atomic mass is 79.9. The summed E-state index contributed by atoms with van der Waals surface area (Å²) in [6.07, 6.45) is 0.958. The summed E-state index contributed by atoms with van der Waals surface area (Å²) in [6.45, 7) is 2.42. The summed E-state index contributed by atoms with van der Waals surface area (Å²) in [5.41, 5.74) is 0. The van der Waals surface area contributed by atoms with Crippen LogP contribution in [0.1, 0.15) is 11.3 Å². The molecule has 2 N–H and O–H groups in total. The molecule has 1 aliphatic heterocycles. The Labute approximate surface area is 101 Å². The Bertz CT molecular complexity index is 347. The lowest BCUT2D eigenvalue weighted by Gasteiger charge is -2.08. The van der Waals surface area contributed by atoms with Gasteiger partial charge in [-0.1, -0.05) is 0 Å². The third kappa shape index (κ3) is 3.03. The topological polar surface area (TPSA) is 41.1 Å². The zero-order chi connectivity index (χ0) is 10.7. The van der Waals surface area contributed by atoms with Crippen LogP contribution in [0.5, 0.6) is 0 Å². The maximum Gasteiger partial charge on any atom is 0.224 e. The lowest BCUT2D eigenvalue weighted by Crippen LogP contribution is -2.31. The van der Waals surface area contributed by atoms with E-state index in [2.05, 4.69) is 26.6 Å². The van der Waals surface area contributed by atoms with Gasteiger partial charge >= 0.3 is 0 Å². The molecule has 1 unspecified atom stereocenters. The Morgan fingerprint density at radius 2 is 2.60 bits per heavy atom. The molecule has 1 aromatic heterocycles. The summed E-state index contributed by atoms with van der Waals surface area (Å²) in [5, 5.41) is 8.18. The molecule has 3 nitrogen and oxygen atoms in total. The molecule has 0 aromatic carbocycles. The lowest BCUT2D eigenvalue weighted by molar-refractivity contribution is -0.124. The van der Waals surface area contributed by atoms with Gasteiger partial charge in [-0.05, 0) is 35.0 Å². The molecule has 15 heavy (non-hydrogen) atoms. The van der Waals surface area contributed by atoms with Crippen LogP contribution in [0.25, 0.3) is 0 Å². The molecule has 2 heterocycles. The smallest absolute Gasteiger partial charge is 0.224 e. The summed E-state index contributed by atoms with van der Waals surface area (Å²) in [6, 6.07) is 2.04. The third-order valence-electron chi connectivity index (χ3n) is 2.49. The Hall–Kier alpha value is -0.390. The molecule has 1 saturated heterocycles. The number of hydrogen-bond donors (Lipinski definition) is 2. The van der Waals surface area contributed by atoms with E-state index in [9.17, 15) is 4.79 Å². The maximum atomic E-state index is 11.7. The van der Waals surface area contributed by atoms with Gasteiger partial charge in [0.25, 0.3) is 0 Å². The normalized spacial score (nSPS) is 20.5. The quantitative estimate of drug-likeness (QED) is 0.890. The monoisotopic (exact) mass is 288 g/mol. The molecule has 82 valence electrons. The second kappa shape index (κ2) is 5.09. The molecule has 0 radical (unpaired) electrons. The first-order chi connectivity index (χ1) is 7.25.